The second-order valence-corrected chi connectivity index (χ2v) is 15.8. The predicted octanol–water partition coefficient (Wildman–Crippen LogP) is 1.27. The molecule has 0 fully saturated rings. The van der Waals surface area contributed by atoms with E-state index in [0.29, 0.717) is 16.7 Å². The van der Waals surface area contributed by atoms with E-state index in [1.54, 1.807) is 20.8 Å². The summed E-state index contributed by atoms with van der Waals surface area (Å²) < 4.78 is 79.0. The fourth-order valence-corrected chi connectivity index (χ4v) is 10.9. The Labute approximate surface area is 228 Å². The molecule has 0 aliphatic heterocycles. The van der Waals surface area contributed by atoms with Crippen LogP contribution in [0, 0.1) is 26.2 Å². The van der Waals surface area contributed by atoms with Gasteiger partial charge >= 0.3 is 0 Å². The lowest BCUT2D eigenvalue weighted by atomic mass is 9.91. The zero-order valence-corrected chi connectivity index (χ0v) is 23.8. The molecule has 13 heteroatoms. The van der Waals surface area contributed by atoms with Gasteiger partial charge in [-0.2, -0.15) is 0 Å². The number of sulfone groups is 3. The van der Waals surface area contributed by atoms with Gasteiger partial charge in [0.25, 0.3) is 4.27 Å². The SMILES string of the molecule is Cc1ccc(S(=O)(=O)C(O)C(CO)(CO)C(O)(S(=O)(=O)c2ccc(C)cc2)S(=O)(=O)c2ccc(C)cc2)cc1. The van der Waals surface area contributed by atoms with E-state index < -0.39 is 72.5 Å². The highest BCUT2D eigenvalue weighted by atomic mass is 32.3. The number of rotatable bonds is 10. The van der Waals surface area contributed by atoms with E-state index in [1.165, 1.54) is 36.4 Å². The molecular weight excluding hydrogens is 568 g/mol. The van der Waals surface area contributed by atoms with Crippen LogP contribution in [0.25, 0.3) is 0 Å². The summed E-state index contributed by atoms with van der Waals surface area (Å²) in [4.78, 5) is -2.07. The van der Waals surface area contributed by atoms with Crippen LogP contribution in [-0.4, -0.2) is 68.6 Å². The Hall–Kier alpha value is -2.65. The smallest absolute Gasteiger partial charge is 0.291 e. The lowest BCUT2D eigenvalue weighted by Crippen LogP contribution is -2.68. The van der Waals surface area contributed by atoms with Crippen LogP contribution in [0.5, 0.6) is 0 Å². The average Bonchev–Trinajstić information content (AvgIpc) is 2.90. The topological polar surface area (TPSA) is 183 Å². The molecule has 4 N–H and O–H groups in total. The summed E-state index contributed by atoms with van der Waals surface area (Å²) >= 11 is 0. The first-order valence-electron chi connectivity index (χ1n) is 11.6. The molecular formula is C26H30O10S3. The van der Waals surface area contributed by atoms with Crippen molar-refractivity contribution in [3.05, 3.63) is 89.5 Å². The van der Waals surface area contributed by atoms with Crippen molar-refractivity contribution in [2.24, 2.45) is 5.41 Å². The van der Waals surface area contributed by atoms with Gasteiger partial charge in [-0.15, -0.1) is 0 Å². The van der Waals surface area contributed by atoms with Crippen molar-refractivity contribution in [2.75, 3.05) is 13.2 Å². The molecule has 0 saturated carbocycles. The van der Waals surface area contributed by atoms with Crippen molar-refractivity contribution in [3.8, 4) is 0 Å². The highest BCUT2D eigenvalue weighted by molar-refractivity contribution is 8.10. The molecule has 0 amide bonds. The molecule has 0 aliphatic rings. The zero-order chi connectivity index (χ0) is 29.4. The molecule has 0 aromatic heterocycles. The molecule has 0 radical (unpaired) electrons. The standard InChI is InChI=1S/C26H30O10S3/c1-18-4-10-21(11-5-18)37(31,32)24(29)25(16-27,17-28)26(30,38(33,34)22-12-6-19(2)7-13-22)39(35,36)23-14-8-20(3)9-15-23/h4-15,24,27-30H,16-17H2,1-3H3. The number of aliphatic hydroxyl groups is 4. The molecule has 0 spiro atoms. The Morgan fingerprint density at radius 1 is 0.590 bits per heavy atom. The van der Waals surface area contributed by atoms with Crippen LogP contribution < -0.4 is 0 Å². The van der Waals surface area contributed by atoms with Gasteiger partial charge in [-0.3, -0.25) is 0 Å². The molecule has 3 aromatic rings. The first kappa shape index (κ1) is 30.9. The maximum atomic E-state index is 14.1. The van der Waals surface area contributed by atoms with Gasteiger partial charge in [0.1, 0.15) is 5.41 Å². The Morgan fingerprint density at radius 2 is 0.872 bits per heavy atom. The van der Waals surface area contributed by atoms with E-state index in [9.17, 15) is 45.7 Å². The second kappa shape index (κ2) is 10.7. The normalized spacial score (nSPS) is 14.2. The molecule has 0 saturated heterocycles. The summed E-state index contributed by atoms with van der Waals surface area (Å²) in [6, 6.07) is 14.1. The number of benzene rings is 3. The van der Waals surface area contributed by atoms with Crippen LogP contribution in [0.15, 0.2) is 87.5 Å². The second-order valence-electron chi connectivity index (χ2n) is 9.40. The van der Waals surface area contributed by atoms with E-state index in [0.717, 1.165) is 36.4 Å². The van der Waals surface area contributed by atoms with Crippen molar-refractivity contribution < 1.29 is 45.7 Å². The third-order valence-electron chi connectivity index (χ3n) is 6.70. The van der Waals surface area contributed by atoms with Crippen LogP contribution in [0.1, 0.15) is 16.7 Å². The minimum atomic E-state index is -5.59. The third kappa shape index (κ3) is 4.82. The van der Waals surface area contributed by atoms with Crippen molar-refractivity contribution >= 4 is 29.5 Å². The minimum Gasteiger partial charge on any atom is -0.395 e. The lowest BCUT2D eigenvalue weighted by molar-refractivity contribution is -0.0855. The van der Waals surface area contributed by atoms with Crippen LogP contribution in [0.3, 0.4) is 0 Å². The summed E-state index contributed by atoms with van der Waals surface area (Å²) in [5, 5.41) is 44.2. The van der Waals surface area contributed by atoms with Gasteiger partial charge in [-0.25, -0.2) is 25.3 Å². The first-order valence-corrected chi connectivity index (χ1v) is 16.1. The van der Waals surface area contributed by atoms with Crippen LogP contribution >= 0.6 is 0 Å². The number of hydrogen-bond donors (Lipinski definition) is 4. The van der Waals surface area contributed by atoms with E-state index in [4.69, 9.17) is 0 Å². The molecule has 212 valence electrons. The molecule has 39 heavy (non-hydrogen) atoms. The molecule has 10 nitrogen and oxygen atoms in total. The molecule has 0 bridgehead atoms. The summed E-state index contributed by atoms with van der Waals surface area (Å²) in [5.74, 6) is 0. The highest BCUT2D eigenvalue weighted by Crippen LogP contribution is 2.50. The number of aliphatic hydroxyl groups excluding tert-OH is 3. The maximum absolute atomic E-state index is 14.1. The first-order chi connectivity index (χ1) is 18.0. The van der Waals surface area contributed by atoms with E-state index in [1.807, 2.05) is 0 Å². The fraction of sp³-hybridized carbons (Fsp3) is 0.308. The highest BCUT2D eigenvalue weighted by Gasteiger charge is 2.72. The monoisotopic (exact) mass is 598 g/mol. The van der Waals surface area contributed by atoms with Gasteiger partial charge in [0.2, 0.25) is 29.5 Å². The van der Waals surface area contributed by atoms with Crippen LogP contribution in [0.2, 0.25) is 0 Å². The van der Waals surface area contributed by atoms with Gasteiger partial charge < -0.3 is 20.4 Å². The number of aryl methyl sites for hydroxylation is 3. The van der Waals surface area contributed by atoms with Gasteiger partial charge in [0.05, 0.1) is 27.9 Å². The molecule has 3 rings (SSSR count). The predicted molar refractivity (Wildman–Crippen MR) is 143 cm³/mol. The van der Waals surface area contributed by atoms with Crippen molar-refractivity contribution in [1.29, 1.82) is 0 Å². The van der Waals surface area contributed by atoms with Crippen molar-refractivity contribution in [3.63, 3.8) is 0 Å². The molecule has 0 aliphatic carbocycles. The van der Waals surface area contributed by atoms with E-state index in [-0.39, 0.29) is 0 Å². The maximum Gasteiger partial charge on any atom is 0.291 e. The number of hydrogen-bond acceptors (Lipinski definition) is 10. The molecule has 1 unspecified atom stereocenters. The molecule has 3 aromatic carbocycles. The van der Waals surface area contributed by atoms with Crippen LogP contribution in [-0.2, 0) is 29.5 Å². The fourth-order valence-electron chi connectivity index (χ4n) is 4.15. The molecule has 1 atom stereocenters. The summed E-state index contributed by atoms with van der Waals surface area (Å²) in [6.45, 7) is 1.37. The average molecular weight is 599 g/mol. The molecule has 0 heterocycles. The largest absolute Gasteiger partial charge is 0.395 e. The minimum absolute atomic E-state index is 0.560. The lowest BCUT2D eigenvalue weighted by Gasteiger charge is -2.45. The Bertz CT molecular complexity index is 1560. The Kier molecular flexibility index (Phi) is 8.50. The van der Waals surface area contributed by atoms with Crippen molar-refractivity contribution in [1.82, 2.24) is 0 Å². The Balaban J connectivity index is 2.46. The summed E-state index contributed by atoms with van der Waals surface area (Å²) in [7, 11) is -16.2. The van der Waals surface area contributed by atoms with Gasteiger partial charge in [0.15, 0.2) is 5.44 Å². The zero-order valence-electron chi connectivity index (χ0n) is 21.4. The summed E-state index contributed by atoms with van der Waals surface area (Å²) in [5.41, 5.74) is -4.80. The van der Waals surface area contributed by atoms with Crippen molar-refractivity contribution in [2.45, 2.75) is 45.2 Å². The third-order valence-corrected chi connectivity index (χ3v) is 14.0. The quantitative estimate of drug-likeness (QED) is 0.265. The van der Waals surface area contributed by atoms with Gasteiger partial charge in [0, 0.05) is 0 Å². The van der Waals surface area contributed by atoms with Gasteiger partial charge in [-0.05, 0) is 57.2 Å². The van der Waals surface area contributed by atoms with E-state index in [2.05, 4.69) is 0 Å². The summed E-state index contributed by atoms with van der Waals surface area (Å²) in [6.07, 6.45) is 0. The van der Waals surface area contributed by atoms with Gasteiger partial charge in [-0.1, -0.05) is 53.1 Å². The Morgan fingerprint density at radius 3 is 1.15 bits per heavy atom. The van der Waals surface area contributed by atoms with E-state index >= 15 is 0 Å². The van der Waals surface area contributed by atoms with Crippen LogP contribution in [0.4, 0.5) is 0 Å².